The van der Waals surface area contributed by atoms with Gasteiger partial charge in [0.2, 0.25) is 11.8 Å². The molecule has 0 radical (unpaired) electrons. The zero-order valence-electron chi connectivity index (χ0n) is 11.7. The molecule has 0 saturated carbocycles. The molecule has 1 fully saturated rings. The fraction of sp³-hybridized carbons (Fsp3) is 0.118. The van der Waals surface area contributed by atoms with E-state index in [2.05, 4.69) is 5.32 Å². The van der Waals surface area contributed by atoms with Crippen LogP contribution in [0.5, 0.6) is 0 Å². The van der Waals surface area contributed by atoms with Crippen molar-refractivity contribution in [2.24, 2.45) is 0 Å². The fourth-order valence-corrected chi connectivity index (χ4v) is 2.47. The van der Waals surface area contributed by atoms with Crippen LogP contribution in [0.15, 0.2) is 60.7 Å². The van der Waals surface area contributed by atoms with E-state index in [0.717, 1.165) is 10.5 Å². The number of rotatable bonds is 3. The van der Waals surface area contributed by atoms with Crippen LogP contribution in [0, 0.1) is 0 Å². The summed E-state index contributed by atoms with van der Waals surface area (Å²) >= 11 is 0. The Morgan fingerprint density at radius 1 is 0.864 bits per heavy atom. The molecule has 110 valence electrons. The summed E-state index contributed by atoms with van der Waals surface area (Å²) in [6.07, 6.45) is 0. The predicted octanol–water partition coefficient (Wildman–Crippen LogP) is 2.05. The molecule has 2 aromatic carbocycles. The molecule has 4 amide bonds. The molecule has 22 heavy (non-hydrogen) atoms. The molecule has 0 spiro atoms. The Bertz CT molecular complexity index is 713. The SMILES string of the molecule is O=C1NC(=O)N(Cc2ccccc2)C(=O)C1c1ccccc1. The monoisotopic (exact) mass is 294 g/mol. The Balaban J connectivity index is 1.89. The number of nitrogens with one attached hydrogen (secondary N) is 1. The van der Waals surface area contributed by atoms with E-state index in [1.165, 1.54) is 0 Å². The molecule has 1 atom stereocenters. The number of carbonyl (C=O) groups excluding carboxylic acids is 3. The highest BCUT2D eigenvalue weighted by molar-refractivity contribution is 6.19. The molecule has 0 aliphatic carbocycles. The van der Waals surface area contributed by atoms with Crippen LogP contribution >= 0.6 is 0 Å². The van der Waals surface area contributed by atoms with Crippen molar-refractivity contribution in [3.8, 4) is 0 Å². The van der Waals surface area contributed by atoms with Gasteiger partial charge in [-0.1, -0.05) is 60.7 Å². The highest BCUT2D eigenvalue weighted by Gasteiger charge is 2.41. The number of hydrogen-bond donors (Lipinski definition) is 1. The van der Waals surface area contributed by atoms with Crippen LogP contribution in [0.3, 0.4) is 0 Å². The van der Waals surface area contributed by atoms with E-state index in [0.29, 0.717) is 5.56 Å². The number of carbonyl (C=O) groups is 3. The Hall–Kier alpha value is -2.95. The van der Waals surface area contributed by atoms with Gasteiger partial charge in [0.15, 0.2) is 0 Å². The Morgan fingerprint density at radius 3 is 2.09 bits per heavy atom. The molecule has 1 aliphatic rings. The highest BCUT2D eigenvalue weighted by Crippen LogP contribution is 2.23. The Kier molecular flexibility index (Phi) is 3.70. The summed E-state index contributed by atoms with van der Waals surface area (Å²) in [5, 5.41) is 2.26. The molecule has 1 N–H and O–H groups in total. The van der Waals surface area contributed by atoms with Crippen LogP contribution < -0.4 is 5.32 Å². The van der Waals surface area contributed by atoms with Crippen molar-refractivity contribution in [1.82, 2.24) is 10.2 Å². The lowest BCUT2D eigenvalue weighted by Gasteiger charge is -2.30. The van der Waals surface area contributed by atoms with E-state index < -0.39 is 23.8 Å². The van der Waals surface area contributed by atoms with Crippen molar-refractivity contribution in [1.29, 1.82) is 0 Å². The maximum atomic E-state index is 12.6. The maximum Gasteiger partial charge on any atom is 0.331 e. The average molecular weight is 294 g/mol. The van der Waals surface area contributed by atoms with E-state index in [1.54, 1.807) is 24.3 Å². The lowest BCUT2D eigenvalue weighted by Crippen LogP contribution is -2.56. The molecule has 5 nitrogen and oxygen atoms in total. The lowest BCUT2D eigenvalue weighted by molar-refractivity contribution is -0.139. The van der Waals surface area contributed by atoms with Crippen molar-refractivity contribution in [2.75, 3.05) is 0 Å². The van der Waals surface area contributed by atoms with E-state index >= 15 is 0 Å². The van der Waals surface area contributed by atoms with Gasteiger partial charge in [-0.15, -0.1) is 0 Å². The normalized spacial score (nSPS) is 18.3. The van der Waals surface area contributed by atoms with Crippen LogP contribution in [0.2, 0.25) is 0 Å². The second-order valence-corrected chi connectivity index (χ2v) is 5.05. The maximum absolute atomic E-state index is 12.6. The van der Waals surface area contributed by atoms with Gasteiger partial charge in [0.1, 0.15) is 5.92 Å². The quantitative estimate of drug-likeness (QED) is 0.881. The molecule has 1 saturated heterocycles. The zero-order valence-corrected chi connectivity index (χ0v) is 11.7. The van der Waals surface area contributed by atoms with Crippen molar-refractivity contribution < 1.29 is 14.4 Å². The number of benzene rings is 2. The third-order valence-electron chi connectivity index (χ3n) is 3.57. The van der Waals surface area contributed by atoms with Crippen LogP contribution in [0.25, 0.3) is 0 Å². The highest BCUT2D eigenvalue weighted by atomic mass is 16.2. The van der Waals surface area contributed by atoms with Crippen LogP contribution in [-0.2, 0) is 16.1 Å². The van der Waals surface area contributed by atoms with Gasteiger partial charge < -0.3 is 0 Å². The van der Waals surface area contributed by atoms with Gasteiger partial charge in [0, 0.05) is 0 Å². The van der Waals surface area contributed by atoms with E-state index in [4.69, 9.17) is 0 Å². The smallest absolute Gasteiger partial charge is 0.277 e. The van der Waals surface area contributed by atoms with E-state index in [1.807, 2.05) is 36.4 Å². The topological polar surface area (TPSA) is 66.5 Å². The number of imide groups is 2. The summed E-state index contributed by atoms with van der Waals surface area (Å²) in [5.74, 6) is -2.06. The van der Waals surface area contributed by atoms with Gasteiger partial charge in [0.05, 0.1) is 6.54 Å². The molecule has 1 heterocycles. The molecule has 5 heteroatoms. The molecule has 0 aromatic heterocycles. The molecule has 1 aliphatic heterocycles. The second-order valence-electron chi connectivity index (χ2n) is 5.05. The summed E-state index contributed by atoms with van der Waals surface area (Å²) in [7, 11) is 0. The molecular weight excluding hydrogens is 280 g/mol. The average Bonchev–Trinajstić information content (AvgIpc) is 2.53. The van der Waals surface area contributed by atoms with Gasteiger partial charge in [-0.3, -0.25) is 19.8 Å². The largest absolute Gasteiger partial charge is 0.331 e. The zero-order chi connectivity index (χ0) is 15.5. The van der Waals surface area contributed by atoms with E-state index in [9.17, 15) is 14.4 Å². The van der Waals surface area contributed by atoms with Crippen molar-refractivity contribution >= 4 is 17.8 Å². The predicted molar refractivity (Wildman–Crippen MR) is 79.7 cm³/mol. The van der Waals surface area contributed by atoms with Gasteiger partial charge >= 0.3 is 6.03 Å². The van der Waals surface area contributed by atoms with Crippen LogP contribution in [0.1, 0.15) is 17.0 Å². The Labute approximate surface area is 127 Å². The number of hydrogen-bond acceptors (Lipinski definition) is 3. The first-order valence-electron chi connectivity index (χ1n) is 6.92. The number of amides is 4. The first-order chi connectivity index (χ1) is 10.7. The fourth-order valence-electron chi connectivity index (χ4n) is 2.47. The molecule has 0 bridgehead atoms. The minimum atomic E-state index is -0.984. The molecular formula is C17H14N2O3. The molecule has 3 rings (SSSR count). The van der Waals surface area contributed by atoms with Crippen molar-refractivity contribution in [2.45, 2.75) is 12.5 Å². The summed E-state index contributed by atoms with van der Waals surface area (Å²) < 4.78 is 0. The van der Waals surface area contributed by atoms with Crippen LogP contribution in [-0.4, -0.2) is 22.7 Å². The first-order valence-corrected chi connectivity index (χ1v) is 6.92. The van der Waals surface area contributed by atoms with E-state index in [-0.39, 0.29) is 6.54 Å². The minimum absolute atomic E-state index is 0.141. The summed E-state index contributed by atoms with van der Waals surface area (Å²) in [6, 6.07) is 17.2. The summed E-state index contributed by atoms with van der Waals surface area (Å²) in [6.45, 7) is 0.141. The number of urea groups is 1. The first kappa shape index (κ1) is 14.0. The van der Waals surface area contributed by atoms with Gasteiger partial charge in [-0.05, 0) is 11.1 Å². The van der Waals surface area contributed by atoms with Crippen molar-refractivity contribution in [3.05, 3.63) is 71.8 Å². The standard InChI is InChI=1S/C17H14N2O3/c20-15-14(13-9-5-2-6-10-13)16(21)19(17(22)18-15)11-12-7-3-1-4-8-12/h1-10,14H,11H2,(H,18,20,22). The summed E-state index contributed by atoms with van der Waals surface area (Å²) in [4.78, 5) is 37.7. The van der Waals surface area contributed by atoms with Gasteiger partial charge in [0.25, 0.3) is 0 Å². The number of barbiturate groups is 1. The second kappa shape index (κ2) is 5.81. The van der Waals surface area contributed by atoms with Crippen molar-refractivity contribution in [3.63, 3.8) is 0 Å². The third-order valence-corrected chi connectivity index (χ3v) is 3.57. The van der Waals surface area contributed by atoms with Gasteiger partial charge in [-0.25, -0.2) is 4.79 Å². The molecule has 2 aromatic rings. The number of nitrogens with zero attached hydrogens (tertiary/aromatic N) is 1. The third kappa shape index (κ3) is 2.61. The van der Waals surface area contributed by atoms with Crippen LogP contribution in [0.4, 0.5) is 4.79 Å². The Morgan fingerprint density at radius 2 is 1.45 bits per heavy atom. The van der Waals surface area contributed by atoms with Gasteiger partial charge in [-0.2, -0.15) is 0 Å². The lowest BCUT2D eigenvalue weighted by atomic mass is 9.95. The summed E-state index contributed by atoms with van der Waals surface area (Å²) in [5.41, 5.74) is 1.41. The molecule has 1 unspecified atom stereocenters. The minimum Gasteiger partial charge on any atom is -0.277 e.